The van der Waals surface area contributed by atoms with Gasteiger partial charge in [0.15, 0.2) is 0 Å². The Labute approximate surface area is 131 Å². The van der Waals surface area contributed by atoms with Crippen LogP contribution in [0.15, 0.2) is 0 Å². The lowest BCUT2D eigenvalue weighted by Crippen LogP contribution is -2.51. The first-order chi connectivity index (χ1) is 10.2. The van der Waals surface area contributed by atoms with E-state index in [2.05, 4.69) is 31.0 Å². The number of unbranched alkanes of at least 4 members (excludes halogenated alkanes) is 1. The molecule has 4 heteroatoms. The minimum Gasteiger partial charge on any atom is -0.389 e. The fourth-order valence-corrected chi connectivity index (χ4v) is 3.10. The molecular weight excluding hydrogens is 264 g/mol. The van der Waals surface area contributed by atoms with E-state index in [0.717, 1.165) is 45.6 Å². The molecule has 1 rings (SSSR count). The van der Waals surface area contributed by atoms with Crippen molar-refractivity contribution >= 4 is 0 Å². The average molecular weight is 300 g/mol. The van der Waals surface area contributed by atoms with Crippen molar-refractivity contribution < 1.29 is 9.84 Å². The molecule has 21 heavy (non-hydrogen) atoms. The van der Waals surface area contributed by atoms with Crippen LogP contribution in [0.2, 0.25) is 0 Å². The number of hydrogen-bond acceptors (Lipinski definition) is 4. The Balaban J connectivity index is 2.24. The Morgan fingerprint density at radius 2 is 2.10 bits per heavy atom. The summed E-state index contributed by atoms with van der Waals surface area (Å²) in [5.41, 5.74) is 0. The van der Waals surface area contributed by atoms with E-state index in [1.807, 2.05) is 0 Å². The maximum absolute atomic E-state index is 10.1. The van der Waals surface area contributed by atoms with Crippen LogP contribution in [0.5, 0.6) is 0 Å². The molecule has 0 saturated carbocycles. The highest BCUT2D eigenvalue weighted by Gasteiger charge is 2.28. The summed E-state index contributed by atoms with van der Waals surface area (Å²) < 4.78 is 5.52. The van der Waals surface area contributed by atoms with Gasteiger partial charge in [-0.05, 0) is 38.3 Å². The summed E-state index contributed by atoms with van der Waals surface area (Å²) in [5.74, 6) is 0.707. The van der Waals surface area contributed by atoms with Crippen molar-refractivity contribution in [3.8, 4) is 0 Å². The zero-order valence-electron chi connectivity index (χ0n) is 14.3. The van der Waals surface area contributed by atoms with Gasteiger partial charge in [0.2, 0.25) is 0 Å². The van der Waals surface area contributed by atoms with Crippen molar-refractivity contribution in [3.63, 3.8) is 0 Å². The maximum atomic E-state index is 10.1. The molecule has 1 heterocycles. The summed E-state index contributed by atoms with van der Waals surface area (Å²) in [6.45, 7) is 12.0. The number of aliphatic hydroxyl groups is 1. The van der Waals surface area contributed by atoms with Crippen molar-refractivity contribution in [1.29, 1.82) is 0 Å². The lowest BCUT2D eigenvalue weighted by atomic mass is 9.89. The number of likely N-dealkylation sites (tertiary alicyclic amines) is 1. The summed E-state index contributed by atoms with van der Waals surface area (Å²) in [5, 5.41) is 13.8. The lowest BCUT2D eigenvalue weighted by Gasteiger charge is -2.39. The Morgan fingerprint density at radius 3 is 2.76 bits per heavy atom. The van der Waals surface area contributed by atoms with Crippen molar-refractivity contribution in [2.24, 2.45) is 5.92 Å². The molecule has 0 spiro atoms. The van der Waals surface area contributed by atoms with Gasteiger partial charge in [-0.15, -0.1) is 0 Å². The highest BCUT2D eigenvalue weighted by molar-refractivity contribution is 4.85. The maximum Gasteiger partial charge on any atom is 0.0900 e. The monoisotopic (exact) mass is 300 g/mol. The van der Waals surface area contributed by atoms with Gasteiger partial charge in [-0.3, -0.25) is 0 Å². The van der Waals surface area contributed by atoms with Crippen LogP contribution in [-0.2, 0) is 4.74 Å². The van der Waals surface area contributed by atoms with E-state index in [-0.39, 0.29) is 6.10 Å². The normalized spacial score (nSPS) is 25.1. The third kappa shape index (κ3) is 7.59. The van der Waals surface area contributed by atoms with E-state index in [1.165, 1.54) is 19.3 Å². The summed E-state index contributed by atoms with van der Waals surface area (Å²) in [6.07, 6.45) is 5.48. The van der Waals surface area contributed by atoms with E-state index in [9.17, 15) is 5.11 Å². The molecule has 3 atom stereocenters. The van der Waals surface area contributed by atoms with Gasteiger partial charge in [0.25, 0.3) is 0 Å². The van der Waals surface area contributed by atoms with Gasteiger partial charge in [0.1, 0.15) is 0 Å². The number of piperidine rings is 1. The van der Waals surface area contributed by atoms with Crippen LogP contribution in [0, 0.1) is 5.92 Å². The molecule has 1 saturated heterocycles. The Bertz CT molecular complexity index is 251. The predicted octanol–water partition coefficient (Wildman–Crippen LogP) is 2.26. The molecule has 3 unspecified atom stereocenters. The van der Waals surface area contributed by atoms with Gasteiger partial charge in [-0.2, -0.15) is 0 Å². The minimum atomic E-state index is -0.348. The smallest absolute Gasteiger partial charge is 0.0900 e. The van der Waals surface area contributed by atoms with E-state index < -0.39 is 0 Å². The molecule has 2 N–H and O–H groups in total. The molecule has 0 aromatic rings. The van der Waals surface area contributed by atoms with Gasteiger partial charge in [0.05, 0.1) is 12.7 Å². The Hall–Kier alpha value is -0.160. The summed E-state index contributed by atoms with van der Waals surface area (Å²) in [4.78, 5) is 2.41. The van der Waals surface area contributed by atoms with Crippen LogP contribution in [-0.4, -0.2) is 61.5 Å². The molecule has 1 fully saturated rings. The second-order valence-corrected chi connectivity index (χ2v) is 6.36. The summed E-state index contributed by atoms with van der Waals surface area (Å²) in [7, 11) is 0. The lowest BCUT2D eigenvalue weighted by molar-refractivity contribution is 0.00486. The quantitative estimate of drug-likeness (QED) is 0.575. The van der Waals surface area contributed by atoms with Gasteiger partial charge >= 0.3 is 0 Å². The predicted molar refractivity (Wildman–Crippen MR) is 88.7 cm³/mol. The molecule has 0 aliphatic carbocycles. The fraction of sp³-hybridized carbons (Fsp3) is 1.00. The van der Waals surface area contributed by atoms with Crippen LogP contribution in [0.4, 0.5) is 0 Å². The largest absolute Gasteiger partial charge is 0.389 e. The van der Waals surface area contributed by atoms with Gasteiger partial charge in [-0.25, -0.2) is 0 Å². The van der Waals surface area contributed by atoms with E-state index in [4.69, 9.17) is 4.74 Å². The molecule has 1 aliphatic rings. The molecule has 0 radical (unpaired) electrons. The Morgan fingerprint density at radius 1 is 1.29 bits per heavy atom. The van der Waals surface area contributed by atoms with E-state index in [1.54, 1.807) is 0 Å². The molecule has 126 valence electrons. The SMILES string of the molecule is CCCCOCC(O)CN1CCC(NCCC)C(CC)C1. The zero-order chi connectivity index (χ0) is 15.5. The van der Waals surface area contributed by atoms with Gasteiger partial charge < -0.3 is 20.1 Å². The number of β-amino-alcohol motifs (C(OH)–C–C–N with tert-alkyl or cyclic N) is 1. The van der Waals surface area contributed by atoms with Crippen LogP contribution < -0.4 is 5.32 Å². The number of ether oxygens (including phenoxy) is 1. The minimum absolute atomic E-state index is 0.348. The number of hydrogen-bond donors (Lipinski definition) is 2. The molecule has 0 amide bonds. The van der Waals surface area contributed by atoms with Crippen molar-refractivity contribution in [2.45, 2.75) is 65.0 Å². The summed E-state index contributed by atoms with van der Waals surface area (Å²) in [6, 6.07) is 0.657. The number of rotatable bonds is 11. The molecule has 0 aromatic carbocycles. The highest BCUT2D eigenvalue weighted by atomic mass is 16.5. The average Bonchev–Trinajstić information content (AvgIpc) is 2.50. The van der Waals surface area contributed by atoms with Gasteiger partial charge in [0, 0.05) is 25.7 Å². The third-order valence-corrected chi connectivity index (χ3v) is 4.42. The zero-order valence-corrected chi connectivity index (χ0v) is 14.3. The van der Waals surface area contributed by atoms with Crippen molar-refractivity contribution in [1.82, 2.24) is 10.2 Å². The first-order valence-corrected chi connectivity index (χ1v) is 8.92. The number of aliphatic hydroxyl groups excluding tert-OH is 1. The molecule has 4 nitrogen and oxygen atoms in total. The van der Waals surface area contributed by atoms with E-state index in [0.29, 0.717) is 18.6 Å². The number of nitrogens with one attached hydrogen (secondary N) is 1. The molecule has 0 aromatic heterocycles. The van der Waals surface area contributed by atoms with Crippen molar-refractivity contribution in [3.05, 3.63) is 0 Å². The first kappa shape index (κ1) is 18.9. The second-order valence-electron chi connectivity index (χ2n) is 6.36. The topological polar surface area (TPSA) is 44.7 Å². The number of nitrogens with zero attached hydrogens (tertiary/aromatic N) is 1. The van der Waals surface area contributed by atoms with Gasteiger partial charge in [-0.1, -0.05) is 33.6 Å². The van der Waals surface area contributed by atoms with Crippen LogP contribution in [0.3, 0.4) is 0 Å². The fourth-order valence-electron chi connectivity index (χ4n) is 3.10. The first-order valence-electron chi connectivity index (χ1n) is 8.92. The molecule has 0 bridgehead atoms. The third-order valence-electron chi connectivity index (χ3n) is 4.42. The van der Waals surface area contributed by atoms with Crippen LogP contribution in [0.25, 0.3) is 0 Å². The summed E-state index contributed by atoms with van der Waals surface area (Å²) >= 11 is 0. The molecule has 1 aliphatic heterocycles. The van der Waals surface area contributed by atoms with Crippen LogP contribution in [0.1, 0.15) is 52.9 Å². The second kappa shape index (κ2) is 11.4. The van der Waals surface area contributed by atoms with E-state index >= 15 is 0 Å². The van der Waals surface area contributed by atoms with Crippen LogP contribution >= 0.6 is 0 Å². The highest BCUT2D eigenvalue weighted by Crippen LogP contribution is 2.20. The molecular formula is C17H36N2O2. The van der Waals surface area contributed by atoms with Crippen molar-refractivity contribution in [2.75, 3.05) is 39.4 Å². The Kier molecular flexibility index (Phi) is 10.3. The standard InChI is InChI=1S/C17H36N2O2/c1-4-7-11-21-14-16(20)13-19-10-8-17(18-9-5-2)15(6-3)12-19/h15-18,20H,4-14H2,1-3H3.